The zero-order chi connectivity index (χ0) is 9.03. The van der Waals surface area contributed by atoms with Gasteiger partial charge in [0.15, 0.2) is 0 Å². The molecule has 0 bridgehead atoms. The summed E-state index contributed by atoms with van der Waals surface area (Å²) in [5.41, 5.74) is 0. The van der Waals surface area contributed by atoms with E-state index < -0.39 is 7.60 Å². The van der Waals surface area contributed by atoms with Gasteiger partial charge in [0.25, 0.3) is 0 Å². The molecule has 0 fully saturated rings. The van der Waals surface area contributed by atoms with Crippen LogP contribution in [0.1, 0.15) is 0 Å². The Balaban J connectivity index is 2.85. The molecular formula is C7H11O3PS. The van der Waals surface area contributed by atoms with E-state index in [0.29, 0.717) is 4.65 Å². The van der Waals surface area contributed by atoms with Crippen LogP contribution >= 0.6 is 19.4 Å². The third-order valence-electron chi connectivity index (χ3n) is 1.45. The van der Waals surface area contributed by atoms with Crippen molar-refractivity contribution in [2.24, 2.45) is 0 Å². The smallest absolute Gasteiger partial charge is 0.308 e. The lowest BCUT2D eigenvalue weighted by Gasteiger charge is -2.17. The van der Waals surface area contributed by atoms with Crippen molar-refractivity contribution in [3.8, 4) is 0 Å². The van der Waals surface area contributed by atoms with Crippen LogP contribution in [0.25, 0.3) is 0 Å². The Morgan fingerprint density at radius 1 is 1.50 bits per heavy atom. The third kappa shape index (κ3) is 2.02. The lowest BCUT2D eigenvalue weighted by atomic mass is 10.5. The van der Waals surface area contributed by atoms with Gasteiger partial charge >= 0.3 is 7.60 Å². The minimum absolute atomic E-state index is 0.676. The molecule has 3 nitrogen and oxygen atoms in total. The fourth-order valence-corrected chi connectivity index (χ4v) is 3.45. The molecule has 5 heteroatoms. The highest BCUT2D eigenvalue weighted by molar-refractivity contribution is 8.10. The molecule has 1 heterocycles. The van der Waals surface area contributed by atoms with Crippen LogP contribution in [0, 0.1) is 0 Å². The molecule has 12 heavy (non-hydrogen) atoms. The molecule has 1 aliphatic heterocycles. The number of hydrogen-bond acceptors (Lipinski definition) is 4. The number of hydrogen-bond donors (Lipinski definition) is 0. The van der Waals surface area contributed by atoms with Gasteiger partial charge in [-0.15, -0.1) is 11.8 Å². The molecule has 0 spiro atoms. The van der Waals surface area contributed by atoms with Crippen LogP contribution in [0.4, 0.5) is 0 Å². The third-order valence-corrected chi connectivity index (χ3v) is 4.95. The van der Waals surface area contributed by atoms with Gasteiger partial charge < -0.3 is 9.05 Å². The molecule has 0 atom stereocenters. The van der Waals surface area contributed by atoms with Crippen LogP contribution in [0.5, 0.6) is 0 Å². The summed E-state index contributed by atoms with van der Waals surface area (Å²) in [6, 6.07) is 0. The summed E-state index contributed by atoms with van der Waals surface area (Å²) in [5.74, 6) is 0.822. The van der Waals surface area contributed by atoms with Gasteiger partial charge in [0.1, 0.15) is 0 Å². The largest absolute Gasteiger partial charge is 0.367 e. The Morgan fingerprint density at radius 3 is 2.58 bits per heavy atom. The minimum Gasteiger partial charge on any atom is -0.308 e. The van der Waals surface area contributed by atoms with Gasteiger partial charge in [-0.1, -0.05) is 12.2 Å². The molecular weight excluding hydrogens is 195 g/mol. The molecule has 0 aromatic heterocycles. The van der Waals surface area contributed by atoms with Gasteiger partial charge in [-0.2, -0.15) is 0 Å². The van der Waals surface area contributed by atoms with Crippen molar-refractivity contribution in [1.29, 1.82) is 0 Å². The van der Waals surface area contributed by atoms with E-state index >= 15 is 0 Å². The molecule has 0 aromatic carbocycles. The van der Waals surface area contributed by atoms with E-state index in [9.17, 15) is 4.57 Å². The van der Waals surface area contributed by atoms with E-state index in [0.717, 1.165) is 5.75 Å². The Morgan fingerprint density at radius 2 is 2.17 bits per heavy atom. The molecule has 0 radical (unpaired) electrons. The molecule has 0 aromatic rings. The SMILES string of the molecule is COP(=O)(OC)C1=CC=CCS1. The molecule has 0 N–H and O–H groups in total. The minimum atomic E-state index is -2.98. The maximum atomic E-state index is 11.7. The molecule has 0 amide bonds. The normalized spacial score (nSPS) is 17.7. The Bertz CT molecular complexity index is 251. The monoisotopic (exact) mass is 206 g/mol. The summed E-state index contributed by atoms with van der Waals surface area (Å²) < 4.78 is 22.1. The standard InChI is InChI=1S/C7H11O3PS/c1-9-11(8,10-2)7-5-3-4-6-12-7/h3-5H,6H2,1-2H3. The van der Waals surface area contributed by atoms with Crippen LogP contribution in [-0.2, 0) is 13.6 Å². The second-order valence-electron chi connectivity index (χ2n) is 2.11. The summed E-state index contributed by atoms with van der Waals surface area (Å²) in [7, 11) is -0.198. The van der Waals surface area contributed by atoms with E-state index in [-0.39, 0.29) is 0 Å². The zero-order valence-electron chi connectivity index (χ0n) is 7.02. The van der Waals surface area contributed by atoms with Crippen molar-refractivity contribution in [2.45, 2.75) is 0 Å². The van der Waals surface area contributed by atoms with Crippen LogP contribution in [0.15, 0.2) is 22.9 Å². The maximum Gasteiger partial charge on any atom is 0.367 e. The van der Waals surface area contributed by atoms with Gasteiger partial charge in [-0.05, 0) is 6.08 Å². The molecule has 0 unspecified atom stereocenters. The average Bonchev–Trinajstić information content (AvgIpc) is 2.18. The van der Waals surface area contributed by atoms with Gasteiger partial charge in [0, 0.05) is 20.0 Å². The first-order valence-electron chi connectivity index (χ1n) is 3.44. The van der Waals surface area contributed by atoms with Crippen LogP contribution in [0.2, 0.25) is 0 Å². The molecule has 0 saturated carbocycles. The second-order valence-corrected chi connectivity index (χ2v) is 5.68. The maximum absolute atomic E-state index is 11.7. The highest BCUT2D eigenvalue weighted by Crippen LogP contribution is 2.59. The predicted octanol–water partition coefficient (Wildman–Crippen LogP) is 2.62. The summed E-state index contributed by atoms with van der Waals surface area (Å²) in [5, 5.41) is 0. The molecule has 68 valence electrons. The number of allylic oxidation sites excluding steroid dienone is 2. The zero-order valence-corrected chi connectivity index (χ0v) is 8.73. The van der Waals surface area contributed by atoms with Crippen LogP contribution in [-0.4, -0.2) is 20.0 Å². The van der Waals surface area contributed by atoms with E-state index in [1.54, 1.807) is 6.08 Å². The topological polar surface area (TPSA) is 35.5 Å². The van der Waals surface area contributed by atoms with E-state index in [1.807, 2.05) is 12.2 Å². The summed E-state index contributed by atoms with van der Waals surface area (Å²) in [6.45, 7) is 0. The van der Waals surface area contributed by atoms with Crippen molar-refractivity contribution in [3.63, 3.8) is 0 Å². The van der Waals surface area contributed by atoms with Gasteiger partial charge in [-0.3, -0.25) is 4.57 Å². The quantitative estimate of drug-likeness (QED) is 0.665. The van der Waals surface area contributed by atoms with Crippen molar-refractivity contribution in [1.82, 2.24) is 0 Å². The van der Waals surface area contributed by atoms with E-state index in [4.69, 9.17) is 9.05 Å². The van der Waals surface area contributed by atoms with Crippen molar-refractivity contribution >= 4 is 19.4 Å². The van der Waals surface area contributed by atoms with Gasteiger partial charge in [0.05, 0.1) is 4.65 Å². The summed E-state index contributed by atoms with van der Waals surface area (Å²) >= 11 is 1.48. The Labute approximate surface area is 76.4 Å². The highest BCUT2D eigenvalue weighted by Gasteiger charge is 2.27. The van der Waals surface area contributed by atoms with Crippen molar-refractivity contribution in [3.05, 3.63) is 22.9 Å². The fraction of sp³-hybridized carbons (Fsp3) is 0.429. The Kier molecular flexibility index (Phi) is 3.59. The van der Waals surface area contributed by atoms with Crippen molar-refractivity contribution in [2.75, 3.05) is 20.0 Å². The number of rotatable bonds is 3. The molecule has 1 rings (SSSR count). The van der Waals surface area contributed by atoms with Crippen molar-refractivity contribution < 1.29 is 13.6 Å². The summed E-state index contributed by atoms with van der Waals surface area (Å²) in [4.78, 5) is 0. The predicted molar refractivity (Wildman–Crippen MR) is 51.3 cm³/mol. The lowest BCUT2D eigenvalue weighted by molar-refractivity contribution is 0.285. The first-order chi connectivity index (χ1) is 5.73. The number of thioether (sulfide) groups is 1. The lowest BCUT2D eigenvalue weighted by Crippen LogP contribution is -1.92. The molecule has 0 saturated heterocycles. The van der Waals surface area contributed by atoms with E-state index in [1.165, 1.54) is 26.0 Å². The Hall–Kier alpha value is -0.0200. The van der Waals surface area contributed by atoms with Crippen LogP contribution in [0.3, 0.4) is 0 Å². The van der Waals surface area contributed by atoms with Gasteiger partial charge in [0.2, 0.25) is 0 Å². The first kappa shape index (κ1) is 10.1. The molecule has 0 aliphatic carbocycles. The van der Waals surface area contributed by atoms with Crippen LogP contribution < -0.4 is 0 Å². The summed E-state index contributed by atoms with van der Waals surface area (Å²) in [6.07, 6.45) is 5.61. The van der Waals surface area contributed by atoms with Gasteiger partial charge in [-0.25, -0.2) is 0 Å². The van der Waals surface area contributed by atoms with E-state index in [2.05, 4.69) is 0 Å². The average molecular weight is 206 g/mol. The fourth-order valence-electron chi connectivity index (χ4n) is 0.812. The molecule has 1 aliphatic rings. The first-order valence-corrected chi connectivity index (χ1v) is 5.97. The second kappa shape index (κ2) is 4.28. The highest BCUT2D eigenvalue weighted by atomic mass is 32.2.